The van der Waals surface area contributed by atoms with Crippen LogP contribution in [0.25, 0.3) is 0 Å². The maximum atomic E-state index is 12.8. The van der Waals surface area contributed by atoms with E-state index in [9.17, 15) is 19.1 Å². The fourth-order valence-corrected chi connectivity index (χ4v) is 3.11. The highest BCUT2D eigenvalue weighted by atomic mass is 19.1. The van der Waals surface area contributed by atoms with Crippen LogP contribution in [0.15, 0.2) is 48.5 Å². The van der Waals surface area contributed by atoms with E-state index >= 15 is 0 Å². The van der Waals surface area contributed by atoms with E-state index in [0.29, 0.717) is 25.3 Å². The van der Waals surface area contributed by atoms with Crippen molar-refractivity contribution in [3.8, 4) is 5.75 Å². The molecule has 0 bridgehead atoms. The molecule has 1 amide bonds. The van der Waals surface area contributed by atoms with E-state index < -0.39 is 11.9 Å². The Morgan fingerprint density at radius 2 is 1.88 bits per heavy atom. The number of hydrogen-bond donors (Lipinski definition) is 1. The first-order valence-electron chi connectivity index (χ1n) is 8.51. The highest BCUT2D eigenvalue weighted by Gasteiger charge is 2.31. The van der Waals surface area contributed by atoms with E-state index in [0.717, 1.165) is 11.1 Å². The summed E-state index contributed by atoms with van der Waals surface area (Å²) in [5, 5.41) is 9.46. The highest BCUT2D eigenvalue weighted by Crippen LogP contribution is 2.29. The average Bonchev–Trinajstić information content (AvgIpc) is 2.65. The molecule has 0 aromatic heterocycles. The summed E-state index contributed by atoms with van der Waals surface area (Å²) in [6, 6.07) is 13.1. The Hall–Kier alpha value is -2.89. The lowest BCUT2D eigenvalue weighted by molar-refractivity contribution is -0.141. The molecule has 0 spiro atoms. The fourth-order valence-electron chi connectivity index (χ4n) is 3.11. The van der Waals surface area contributed by atoms with Crippen LogP contribution in [0.4, 0.5) is 4.39 Å². The summed E-state index contributed by atoms with van der Waals surface area (Å²) in [5.74, 6) is -1.48. The molecular weight excluding hydrogens is 337 g/mol. The molecule has 0 saturated carbocycles. The molecule has 5 nitrogen and oxygen atoms in total. The van der Waals surface area contributed by atoms with Crippen LogP contribution in [0.1, 0.15) is 29.9 Å². The van der Waals surface area contributed by atoms with E-state index in [1.807, 2.05) is 24.3 Å². The van der Waals surface area contributed by atoms with Gasteiger partial charge in [0.2, 0.25) is 5.91 Å². The largest absolute Gasteiger partial charge is 0.494 e. The zero-order valence-electron chi connectivity index (χ0n) is 14.2. The normalized spacial score (nSPS) is 16.0. The van der Waals surface area contributed by atoms with Gasteiger partial charge < -0.3 is 14.7 Å². The van der Waals surface area contributed by atoms with Gasteiger partial charge in [0.05, 0.1) is 12.5 Å². The number of fused-ring (bicyclic) bond motifs is 1. The van der Waals surface area contributed by atoms with Gasteiger partial charge in [0.25, 0.3) is 0 Å². The van der Waals surface area contributed by atoms with E-state index in [1.165, 1.54) is 24.3 Å². The van der Waals surface area contributed by atoms with Crippen molar-refractivity contribution in [2.45, 2.75) is 25.3 Å². The lowest BCUT2D eigenvalue weighted by Gasteiger charge is -2.33. The molecule has 0 fully saturated rings. The minimum absolute atomic E-state index is 0.0894. The first-order chi connectivity index (χ1) is 12.5. The molecule has 2 aromatic carbocycles. The molecule has 0 aliphatic carbocycles. The molecule has 0 saturated heterocycles. The van der Waals surface area contributed by atoms with Crippen molar-refractivity contribution in [2.75, 3.05) is 13.2 Å². The minimum Gasteiger partial charge on any atom is -0.494 e. The van der Waals surface area contributed by atoms with Gasteiger partial charge >= 0.3 is 5.97 Å². The number of halogens is 1. The summed E-state index contributed by atoms with van der Waals surface area (Å²) in [4.78, 5) is 25.6. The Balaban J connectivity index is 1.53. The smallest absolute Gasteiger partial charge is 0.312 e. The van der Waals surface area contributed by atoms with Crippen LogP contribution in [0, 0.1) is 5.82 Å². The molecule has 26 heavy (non-hydrogen) atoms. The molecule has 0 radical (unpaired) electrons. The van der Waals surface area contributed by atoms with Gasteiger partial charge in [0, 0.05) is 19.5 Å². The minimum atomic E-state index is -0.922. The number of benzene rings is 2. The number of carboxylic acids is 1. The number of aliphatic carboxylic acids is 1. The van der Waals surface area contributed by atoms with Crippen LogP contribution in [-0.2, 0) is 16.1 Å². The third kappa shape index (κ3) is 4.20. The molecule has 136 valence electrons. The molecule has 1 aliphatic heterocycles. The standard InChI is InChI=1S/C20H20FNO4/c21-15-7-9-16(10-8-15)26-11-3-6-19(23)22-12-14-4-1-2-5-17(14)18(13-22)20(24)25/h1-2,4-5,7-10,18H,3,6,11-13H2,(H,24,25). The Morgan fingerprint density at radius 3 is 2.62 bits per heavy atom. The van der Waals surface area contributed by atoms with Crippen molar-refractivity contribution in [1.29, 1.82) is 0 Å². The summed E-state index contributed by atoms with van der Waals surface area (Å²) < 4.78 is 18.3. The molecule has 1 unspecified atom stereocenters. The second-order valence-electron chi connectivity index (χ2n) is 6.27. The zero-order chi connectivity index (χ0) is 18.5. The summed E-state index contributed by atoms with van der Waals surface area (Å²) >= 11 is 0. The van der Waals surface area contributed by atoms with Crippen molar-refractivity contribution in [1.82, 2.24) is 4.90 Å². The number of amides is 1. The Kier molecular flexibility index (Phi) is 5.51. The Labute approximate surface area is 151 Å². The topological polar surface area (TPSA) is 66.8 Å². The number of hydrogen-bond acceptors (Lipinski definition) is 3. The van der Waals surface area contributed by atoms with Gasteiger partial charge in [-0.25, -0.2) is 4.39 Å². The van der Waals surface area contributed by atoms with Crippen LogP contribution in [0.3, 0.4) is 0 Å². The number of ether oxygens (including phenoxy) is 1. The van der Waals surface area contributed by atoms with Crippen LogP contribution >= 0.6 is 0 Å². The van der Waals surface area contributed by atoms with Gasteiger partial charge in [0.15, 0.2) is 0 Å². The second-order valence-corrected chi connectivity index (χ2v) is 6.27. The molecule has 1 N–H and O–H groups in total. The Morgan fingerprint density at radius 1 is 1.15 bits per heavy atom. The van der Waals surface area contributed by atoms with E-state index in [2.05, 4.69) is 0 Å². The summed E-state index contributed by atoms with van der Waals surface area (Å²) in [6.45, 7) is 0.950. The third-order valence-corrected chi connectivity index (χ3v) is 4.46. The van der Waals surface area contributed by atoms with E-state index in [4.69, 9.17) is 4.74 Å². The first-order valence-corrected chi connectivity index (χ1v) is 8.51. The van der Waals surface area contributed by atoms with Crippen molar-refractivity contribution in [2.24, 2.45) is 0 Å². The molecule has 6 heteroatoms. The van der Waals surface area contributed by atoms with Crippen LogP contribution in [-0.4, -0.2) is 35.0 Å². The fraction of sp³-hybridized carbons (Fsp3) is 0.300. The van der Waals surface area contributed by atoms with E-state index in [1.54, 1.807) is 4.90 Å². The quantitative estimate of drug-likeness (QED) is 0.807. The predicted molar refractivity (Wildman–Crippen MR) is 93.4 cm³/mol. The summed E-state index contributed by atoms with van der Waals surface area (Å²) in [6.07, 6.45) is 0.780. The first kappa shape index (κ1) is 17.9. The third-order valence-electron chi connectivity index (χ3n) is 4.46. The maximum Gasteiger partial charge on any atom is 0.312 e. The predicted octanol–water partition coefficient (Wildman–Crippen LogP) is 3.20. The van der Waals surface area contributed by atoms with E-state index in [-0.39, 0.29) is 24.7 Å². The number of rotatable bonds is 6. The molecule has 1 atom stereocenters. The number of carbonyl (C=O) groups is 2. The Bertz CT molecular complexity index is 791. The van der Waals surface area contributed by atoms with Crippen LogP contribution in [0.2, 0.25) is 0 Å². The number of carboxylic acid groups (broad SMARTS) is 1. The van der Waals surface area contributed by atoms with Crippen LogP contribution in [0.5, 0.6) is 5.75 Å². The van der Waals surface area contributed by atoms with Gasteiger partial charge in [-0.3, -0.25) is 9.59 Å². The molecule has 2 aromatic rings. The van der Waals surface area contributed by atoms with Gasteiger partial charge in [-0.05, 0) is 41.8 Å². The number of carbonyl (C=O) groups excluding carboxylic acids is 1. The maximum absolute atomic E-state index is 12.8. The van der Waals surface area contributed by atoms with Gasteiger partial charge in [-0.15, -0.1) is 0 Å². The number of nitrogens with zero attached hydrogens (tertiary/aromatic N) is 1. The highest BCUT2D eigenvalue weighted by molar-refractivity contribution is 5.81. The van der Waals surface area contributed by atoms with Crippen molar-refractivity contribution in [3.63, 3.8) is 0 Å². The van der Waals surface area contributed by atoms with Gasteiger partial charge in [-0.1, -0.05) is 24.3 Å². The lowest BCUT2D eigenvalue weighted by atomic mass is 9.89. The molecular formula is C20H20FNO4. The zero-order valence-corrected chi connectivity index (χ0v) is 14.2. The SMILES string of the molecule is O=C(O)C1CN(C(=O)CCCOc2ccc(F)cc2)Cc2ccccc21. The van der Waals surface area contributed by atoms with Gasteiger partial charge in [0.1, 0.15) is 11.6 Å². The van der Waals surface area contributed by atoms with Crippen molar-refractivity contribution >= 4 is 11.9 Å². The van der Waals surface area contributed by atoms with Crippen molar-refractivity contribution < 1.29 is 23.8 Å². The average molecular weight is 357 g/mol. The molecule has 1 aliphatic rings. The summed E-state index contributed by atoms with van der Waals surface area (Å²) in [5.41, 5.74) is 1.66. The monoisotopic (exact) mass is 357 g/mol. The molecule has 1 heterocycles. The van der Waals surface area contributed by atoms with Gasteiger partial charge in [-0.2, -0.15) is 0 Å². The second kappa shape index (κ2) is 7.99. The molecule has 3 rings (SSSR count). The van der Waals surface area contributed by atoms with Crippen molar-refractivity contribution in [3.05, 3.63) is 65.5 Å². The lowest BCUT2D eigenvalue weighted by Crippen LogP contribution is -2.40. The van der Waals surface area contributed by atoms with Crippen LogP contribution < -0.4 is 4.74 Å². The summed E-state index contributed by atoms with van der Waals surface area (Å²) in [7, 11) is 0.